The van der Waals surface area contributed by atoms with E-state index in [0.717, 1.165) is 17.7 Å². The Balaban J connectivity index is 1.68. The maximum absolute atomic E-state index is 13.6. The van der Waals surface area contributed by atoms with E-state index in [0.29, 0.717) is 6.54 Å². The topological polar surface area (TPSA) is 62.7 Å². The highest BCUT2D eigenvalue weighted by atomic mass is 19.1. The largest absolute Gasteiger partial charge is 0.349 e. The van der Waals surface area contributed by atoms with Gasteiger partial charge >= 0.3 is 0 Å². The molecule has 0 aliphatic carbocycles. The predicted octanol–water partition coefficient (Wildman–Crippen LogP) is 3.64. The zero-order chi connectivity index (χ0) is 16.9. The molecule has 0 amide bonds. The Morgan fingerprint density at radius 1 is 0.917 bits per heavy atom. The summed E-state index contributed by atoms with van der Waals surface area (Å²) >= 11 is 0. The Labute approximate surface area is 135 Å². The Kier molecular flexibility index (Phi) is 4.55. The van der Waals surface area contributed by atoms with Crippen molar-refractivity contribution in [2.75, 3.05) is 10.6 Å². The van der Waals surface area contributed by atoms with Gasteiger partial charge in [-0.3, -0.25) is 0 Å². The van der Waals surface area contributed by atoms with Gasteiger partial charge in [-0.05, 0) is 29.8 Å². The minimum atomic E-state index is -0.741. The van der Waals surface area contributed by atoms with E-state index in [2.05, 4.69) is 25.8 Å². The molecule has 0 unspecified atom stereocenters. The van der Waals surface area contributed by atoms with E-state index in [1.54, 1.807) is 12.1 Å². The Morgan fingerprint density at radius 2 is 1.67 bits per heavy atom. The van der Waals surface area contributed by atoms with Gasteiger partial charge in [-0.15, -0.1) is 5.10 Å². The Bertz CT molecular complexity index is 839. The molecule has 5 nitrogen and oxygen atoms in total. The average Bonchev–Trinajstić information content (AvgIpc) is 2.57. The second-order valence-corrected chi connectivity index (χ2v) is 4.89. The second kappa shape index (κ2) is 6.95. The fourth-order valence-electron chi connectivity index (χ4n) is 1.95. The van der Waals surface area contributed by atoms with Gasteiger partial charge < -0.3 is 10.6 Å². The molecule has 0 saturated heterocycles. The first-order valence-corrected chi connectivity index (χ1v) is 7.00. The van der Waals surface area contributed by atoms with Crippen LogP contribution in [0.3, 0.4) is 0 Å². The fraction of sp³-hybridized carbons (Fsp3) is 0.0625. The molecule has 0 radical (unpaired) electrons. The van der Waals surface area contributed by atoms with E-state index in [4.69, 9.17) is 0 Å². The van der Waals surface area contributed by atoms with Crippen molar-refractivity contribution < 1.29 is 13.2 Å². The highest BCUT2D eigenvalue weighted by Crippen LogP contribution is 2.19. The van der Waals surface area contributed by atoms with Gasteiger partial charge in [0.05, 0.1) is 11.9 Å². The molecule has 2 N–H and O–H groups in total. The van der Waals surface area contributed by atoms with Crippen molar-refractivity contribution in [1.82, 2.24) is 15.2 Å². The monoisotopic (exact) mass is 331 g/mol. The maximum atomic E-state index is 13.6. The van der Waals surface area contributed by atoms with E-state index >= 15 is 0 Å². The molecule has 0 bridgehead atoms. The number of aromatic nitrogens is 3. The highest BCUT2D eigenvalue weighted by Gasteiger charge is 2.06. The van der Waals surface area contributed by atoms with Crippen LogP contribution in [0.1, 0.15) is 5.56 Å². The molecule has 0 saturated carbocycles. The molecule has 0 atom stereocenters. The molecule has 24 heavy (non-hydrogen) atoms. The molecule has 122 valence electrons. The van der Waals surface area contributed by atoms with Crippen molar-refractivity contribution in [3.8, 4) is 0 Å². The van der Waals surface area contributed by atoms with Crippen LogP contribution in [0, 0.1) is 17.5 Å². The summed E-state index contributed by atoms with van der Waals surface area (Å²) in [7, 11) is 0. The average molecular weight is 331 g/mol. The SMILES string of the molecule is Fc1ccc(CNc2nncc(Nc3ccc(F)cc3F)n2)cc1. The predicted molar refractivity (Wildman–Crippen MR) is 83.2 cm³/mol. The number of hydrogen-bond donors (Lipinski definition) is 2. The second-order valence-electron chi connectivity index (χ2n) is 4.89. The molecule has 1 aromatic heterocycles. The van der Waals surface area contributed by atoms with Crippen LogP contribution >= 0.6 is 0 Å². The number of benzene rings is 2. The van der Waals surface area contributed by atoms with E-state index < -0.39 is 11.6 Å². The summed E-state index contributed by atoms with van der Waals surface area (Å²) in [5.41, 5.74) is 0.907. The Hall–Kier alpha value is -3.16. The lowest BCUT2D eigenvalue weighted by Gasteiger charge is -2.08. The molecule has 0 aliphatic rings. The third kappa shape index (κ3) is 3.97. The van der Waals surface area contributed by atoms with Crippen LogP contribution in [0.2, 0.25) is 0 Å². The summed E-state index contributed by atoms with van der Waals surface area (Å²) in [5, 5.41) is 13.2. The normalized spacial score (nSPS) is 10.5. The highest BCUT2D eigenvalue weighted by molar-refractivity contribution is 5.56. The molecule has 0 fully saturated rings. The molecule has 3 rings (SSSR count). The summed E-state index contributed by atoms with van der Waals surface area (Å²) in [6, 6.07) is 9.13. The first kappa shape index (κ1) is 15.7. The minimum absolute atomic E-state index is 0.0707. The van der Waals surface area contributed by atoms with Gasteiger partial charge in [-0.25, -0.2) is 13.2 Å². The molecule has 0 aliphatic heterocycles. The summed E-state index contributed by atoms with van der Waals surface area (Å²) in [6.45, 7) is 0.371. The van der Waals surface area contributed by atoms with Gasteiger partial charge in [-0.1, -0.05) is 12.1 Å². The number of halogens is 3. The van der Waals surface area contributed by atoms with Crippen molar-refractivity contribution in [1.29, 1.82) is 0 Å². The smallest absolute Gasteiger partial charge is 0.244 e. The zero-order valence-corrected chi connectivity index (χ0v) is 12.3. The molecule has 1 heterocycles. The number of anilines is 3. The molecular formula is C16H12F3N5. The van der Waals surface area contributed by atoms with Crippen molar-refractivity contribution in [3.63, 3.8) is 0 Å². The summed E-state index contributed by atoms with van der Waals surface area (Å²) < 4.78 is 39.4. The summed E-state index contributed by atoms with van der Waals surface area (Å²) in [5.74, 6) is -1.26. The molecule has 2 aromatic carbocycles. The molecule has 3 aromatic rings. The van der Waals surface area contributed by atoms with E-state index in [9.17, 15) is 13.2 Å². The number of nitrogens with one attached hydrogen (secondary N) is 2. The van der Waals surface area contributed by atoms with Crippen molar-refractivity contribution in [2.24, 2.45) is 0 Å². The van der Waals surface area contributed by atoms with Gasteiger partial charge in [0.1, 0.15) is 17.5 Å². The van der Waals surface area contributed by atoms with Crippen molar-refractivity contribution in [3.05, 3.63) is 71.7 Å². The van der Waals surface area contributed by atoms with Crippen LogP contribution < -0.4 is 10.6 Å². The van der Waals surface area contributed by atoms with Crippen LogP contribution in [0.5, 0.6) is 0 Å². The summed E-state index contributed by atoms with van der Waals surface area (Å²) in [4.78, 5) is 4.13. The van der Waals surface area contributed by atoms with E-state index in [-0.39, 0.29) is 23.3 Å². The molecule has 8 heteroatoms. The van der Waals surface area contributed by atoms with E-state index in [1.165, 1.54) is 24.4 Å². The van der Waals surface area contributed by atoms with Gasteiger partial charge in [0, 0.05) is 12.6 Å². The maximum Gasteiger partial charge on any atom is 0.244 e. The number of rotatable bonds is 5. The van der Waals surface area contributed by atoms with E-state index in [1.807, 2.05) is 0 Å². The van der Waals surface area contributed by atoms with Crippen LogP contribution in [-0.4, -0.2) is 15.2 Å². The van der Waals surface area contributed by atoms with Crippen LogP contribution in [0.25, 0.3) is 0 Å². The van der Waals surface area contributed by atoms with Gasteiger partial charge in [0.2, 0.25) is 5.95 Å². The lowest BCUT2D eigenvalue weighted by Crippen LogP contribution is -2.06. The van der Waals surface area contributed by atoms with Gasteiger partial charge in [-0.2, -0.15) is 10.1 Å². The quantitative estimate of drug-likeness (QED) is 0.747. The third-order valence-electron chi connectivity index (χ3n) is 3.12. The standard InChI is InChI=1S/C16H12F3N5/c17-11-3-1-10(2-4-11)8-20-16-23-15(9-21-24-16)22-14-6-5-12(18)7-13(14)19/h1-7,9H,8H2,(H2,20,22,23,24). The Morgan fingerprint density at radius 3 is 2.42 bits per heavy atom. The first-order chi connectivity index (χ1) is 11.6. The van der Waals surface area contributed by atoms with Gasteiger partial charge in [0.25, 0.3) is 0 Å². The van der Waals surface area contributed by atoms with Crippen LogP contribution in [0.15, 0.2) is 48.7 Å². The molecule has 0 spiro atoms. The van der Waals surface area contributed by atoms with Crippen LogP contribution in [-0.2, 0) is 6.54 Å². The number of nitrogens with zero attached hydrogens (tertiary/aromatic N) is 3. The van der Waals surface area contributed by atoms with Crippen molar-refractivity contribution in [2.45, 2.75) is 6.54 Å². The lowest BCUT2D eigenvalue weighted by atomic mass is 10.2. The third-order valence-corrected chi connectivity index (χ3v) is 3.12. The summed E-state index contributed by atoms with van der Waals surface area (Å²) in [6.07, 6.45) is 1.31. The first-order valence-electron chi connectivity index (χ1n) is 7.00. The fourth-order valence-corrected chi connectivity index (χ4v) is 1.95. The number of hydrogen-bond acceptors (Lipinski definition) is 5. The lowest BCUT2D eigenvalue weighted by molar-refractivity contribution is 0.586. The minimum Gasteiger partial charge on any atom is -0.349 e. The van der Waals surface area contributed by atoms with Gasteiger partial charge in [0.15, 0.2) is 5.82 Å². The molecular weight excluding hydrogens is 319 g/mol. The van der Waals surface area contributed by atoms with Crippen molar-refractivity contribution >= 4 is 17.5 Å². The zero-order valence-electron chi connectivity index (χ0n) is 12.3. The van der Waals surface area contributed by atoms with Crippen LogP contribution in [0.4, 0.5) is 30.6 Å².